The standard InChI is InChI=1S/C9H13N3O2.2ClH/c13-9(8-3-6-14-12-8)11-7-1-4-10-5-2-7;;/h3,6-7,10H,1-2,4-5H2,(H,11,13);2*1H. The molecule has 16 heavy (non-hydrogen) atoms. The van der Waals surface area contributed by atoms with Crippen LogP contribution in [0.4, 0.5) is 0 Å². The van der Waals surface area contributed by atoms with Gasteiger partial charge in [0.2, 0.25) is 0 Å². The van der Waals surface area contributed by atoms with Crippen molar-refractivity contribution in [3.63, 3.8) is 0 Å². The van der Waals surface area contributed by atoms with Crippen LogP contribution in [-0.4, -0.2) is 30.2 Å². The number of carbonyl (C=O) groups excluding carboxylic acids is 1. The van der Waals surface area contributed by atoms with Gasteiger partial charge in [0.05, 0.1) is 0 Å². The molecule has 2 rings (SSSR count). The Morgan fingerprint density at radius 3 is 2.69 bits per heavy atom. The van der Waals surface area contributed by atoms with Crippen LogP contribution in [0, 0.1) is 0 Å². The molecular weight excluding hydrogens is 253 g/mol. The summed E-state index contributed by atoms with van der Waals surface area (Å²) in [4.78, 5) is 11.5. The summed E-state index contributed by atoms with van der Waals surface area (Å²) in [5.74, 6) is -0.148. The lowest BCUT2D eigenvalue weighted by atomic mass is 10.1. The molecule has 1 aromatic rings. The van der Waals surface area contributed by atoms with Crippen molar-refractivity contribution < 1.29 is 9.32 Å². The average Bonchev–Trinajstić information content (AvgIpc) is 2.72. The Labute approximate surface area is 106 Å². The van der Waals surface area contributed by atoms with Gasteiger partial charge in [0.25, 0.3) is 5.91 Å². The van der Waals surface area contributed by atoms with Gasteiger partial charge in [-0.1, -0.05) is 5.16 Å². The first-order valence-electron chi connectivity index (χ1n) is 4.78. The molecule has 2 heterocycles. The Balaban J connectivity index is 0.00000112. The van der Waals surface area contributed by atoms with Crippen LogP contribution in [0.3, 0.4) is 0 Å². The van der Waals surface area contributed by atoms with Crippen LogP contribution in [0.15, 0.2) is 16.9 Å². The quantitative estimate of drug-likeness (QED) is 0.839. The van der Waals surface area contributed by atoms with Crippen molar-refractivity contribution in [2.75, 3.05) is 13.1 Å². The lowest BCUT2D eigenvalue weighted by Gasteiger charge is -2.23. The van der Waals surface area contributed by atoms with Crippen molar-refractivity contribution in [2.45, 2.75) is 18.9 Å². The van der Waals surface area contributed by atoms with Gasteiger partial charge in [0, 0.05) is 12.1 Å². The molecule has 92 valence electrons. The van der Waals surface area contributed by atoms with Gasteiger partial charge in [-0.25, -0.2) is 0 Å². The highest BCUT2D eigenvalue weighted by molar-refractivity contribution is 5.92. The lowest BCUT2D eigenvalue weighted by molar-refractivity contribution is 0.0920. The van der Waals surface area contributed by atoms with E-state index < -0.39 is 0 Å². The summed E-state index contributed by atoms with van der Waals surface area (Å²) in [6.45, 7) is 1.92. The van der Waals surface area contributed by atoms with Gasteiger partial charge in [0.15, 0.2) is 5.69 Å². The molecule has 1 amide bonds. The van der Waals surface area contributed by atoms with E-state index in [1.165, 1.54) is 6.26 Å². The zero-order valence-corrected chi connectivity index (χ0v) is 10.3. The normalized spacial score (nSPS) is 15.8. The van der Waals surface area contributed by atoms with Crippen LogP contribution in [0.1, 0.15) is 23.3 Å². The van der Waals surface area contributed by atoms with Crippen molar-refractivity contribution in [3.05, 3.63) is 18.0 Å². The van der Waals surface area contributed by atoms with E-state index in [-0.39, 0.29) is 36.8 Å². The molecular formula is C9H15Cl2N3O2. The van der Waals surface area contributed by atoms with Gasteiger partial charge in [0.1, 0.15) is 6.26 Å². The first-order chi connectivity index (χ1) is 6.86. The Kier molecular flexibility index (Phi) is 7.12. The fourth-order valence-electron chi connectivity index (χ4n) is 1.56. The molecule has 5 nitrogen and oxygen atoms in total. The SMILES string of the molecule is Cl.Cl.O=C(NC1CCNCC1)c1ccon1. The third-order valence-corrected chi connectivity index (χ3v) is 2.34. The maximum absolute atomic E-state index is 11.5. The number of aromatic nitrogens is 1. The van der Waals surface area contributed by atoms with Gasteiger partial charge in [-0.3, -0.25) is 4.79 Å². The minimum absolute atomic E-state index is 0. The molecule has 0 aliphatic carbocycles. The molecule has 0 radical (unpaired) electrons. The maximum Gasteiger partial charge on any atom is 0.273 e. The van der Waals surface area contributed by atoms with Gasteiger partial charge in [-0.2, -0.15) is 0 Å². The molecule has 0 unspecified atom stereocenters. The molecule has 0 spiro atoms. The van der Waals surface area contributed by atoms with Crippen LogP contribution >= 0.6 is 24.8 Å². The Bertz CT molecular complexity index is 300. The summed E-state index contributed by atoms with van der Waals surface area (Å²) in [6.07, 6.45) is 3.35. The number of hydrogen-bond acceptors (Lipinski definition) is 4. The third-order valence-electron chi connectivity index (χ3n) is 2.34. The zero-order valence-electron chi connectivity index (χ0n) is 8.64. The van der Waals surface area contributed by atoms with E-state index in [1.54, 1.807) is 6.07 Å². The van der Waals surface area contributed by atoms with E-state index in [0.717, 1.165) is 25.9 Å². The smallest absolute Gasteiger partial charge is 0.273 e. The second-order valence-electron chi connectivity index (χ2n) is 3.38. The molecule has 1 aromatic heterocycles. The maximum atomic E-state index is 11.5. The van der Waals surface area contributed by atoms with Gasteiger partial charge >= 0.3 is 0 Å². The topological polar surface area (TPSA) is 67.2 Å². The van der Waals surface area contributed by atoms with Crippen molar-refractivity contribution in [1.82, 2.24) is 15.8 Å². The Hall–Kier alpha value is -0.780. The van der Waals surface area contributed by atoms with Crippen LogP contribution < -0.4 is 10.6 Å². The Morgan fingerprint density at radius 2 is 2.12 bits per heavy atom. The number of amides is 1. The lowest BCUT2D eigenvalue weighted by Crippen LogP contribution is -2.42. The van der Waals surface area contributed by atoms with Crippen molar-refractivity contribution in [1.29, 1.82) is 0 Å². The molecule has 1 aliphatic rings. The van der Waals surface area contributed by atoms with Gasteiger partial charge in [-0.05, 0) is 25.9 Å². The molecule has 0 atom stereocenters. The average molecular weight is 268 g/mol. The predicted molar refractivity (Wildman–Crippen MR) is 64.4 cm³/mol. The summed E-state index contributed by atoms with van der Waals surface area (Å²) in [5.41, 5.74) is 0.350. The highest BCUT2D eigenvalue weighted by Gasteiger charge is 2.17. The molecule has 7 heteroatoms. The minimum Gasteiger partial charge on any atom is -0.364 e. The van der Waals surface area contributed by atoms with E-state index in [0.29, 0.717) is 5.69 Å². The third kappa shape index (κ3) is 4.00. The number of carbonyl (C=O) groups is 1. The Morgan fingerprint density at radius 1 is 1.44 bits per heavy atom. The van der Waals surface area contributed by atoms with E-state index in [4.69, 9.17) is 0 Å². The van der Waals surface area contributed by atoms with E-state index in [1.807, 2.05) is 0 Å². The van der Waals surface area contributed by atoms with Crippen molar-refractivity contribution >= 4 is 30.7 Å². The first-order valence-corrected chi connectivity index (χ1v) is 4.78. The second-order valence-corrected chi connectivity index (χ2v) is 3.38. The van der Waals surface area contributed by atoms with Crippen LogP contribution in [0.5, 0.6) is 0 Å². The van der Waals surface area contributed by atoms with Crippen LogP contribution in [0.2, 0.25) is 0 Å². The fourth-order valence-corrected chi connectivity index (χ4v) is 1.56. The molecule has 0 bridgehead atoms. The minimum atomic E-state index is -0.148. The van der Waals surface area contributed by atoms with Gasteiger partial charge < -0.3 is 15.2 Å². The second kappa shape index (κ2) is 7.49. The first kappa shape index (κ1) is 15.2. The van der Waals surface area contributed by atoms with Crippen LogP contribution in [-0.2, 0) is 0 Å². The van der Waals surface area contributed by atoms with E-state index in [2.05, 4.69) is 20.3 Å². The number of piperidine rings is 1. The number of halogens is 2. The molecule has 2 N–H and O–H groups in total. The highest BCUT2D eigenvalue weighted by Crippen LogP contribution is 2.03. The monoisotopic (exact) mass is 267 g/mol. The molecule has 1 saturated heterocycles. The zero-order chi connectivity index (χ0) is 9.80. The number of hydrogen-bond donors (Lipinski definition) is 2. The number of rotatable bonds is 2. The van der Waals surface area contributed by atoms with Gasteiger partial charge in [-0.15, -0.1) is 24.8 Å². The molecule has 0 saturated carbocycles. The molecule has 0 aromatic carbocycles. The summed E-state index contributed by atoms with van der Waals surface area (Å²) in [5, 5.41) is 9.74. The fraction of sp³-hybridized carbons (Fsp3) is 0.556. The predicted octanol–water partition coefficient (Wildman–Crippen LogP) is 1.000. The van der Waals surface area contributed by atoms with E-state index in [9.17, 15) is 4.79 Å². The number of nitrogens with zero attached hydrogens (tertiary/aromatic N) is 1. The summed E-state index contributed by atoms with van der Waals surface area (Å²) in [6, 6.07) is 1.83. The van der Waals surface area contributed by atoms with E-state index >= 15 is 0 Å². The summed E-state index contributed by atoms with van der Waals surface area (Å²) in [7, 11) is 0. The number of nitrogens with one attached hydrogen (secondary N) is 2. The van der Waals surface area contributed by atoms with Crippen LogP contribution in [0.25, 0.3) is 0 Å². The summed E-state index contributed by atoms with van der Waals surface area (Å²) >= 11 is 0. The molecule has 1 fully saturated rings. The molecule has 1 aliphatic heterocycles. The summed E-state index contributed by atoms with van der Waals surface area (Å²) < 4.78 is 4.60. The van der Waals surface area contributed by atoms with Crippen molar-refractivity contribution in [2.24, 2.45) is 0 Å². The van der Waals surface area contributed by atoms with Crippen molar-refractivity contribution in [3.8, 4) is 0 Å². The highest BCUT2D eigenvalue weighted by atomic mass is 35.5. The largest absolute Gasteiger partial charge is 0.364 e.